The zero-order valence-corrected chi connectivity index (χ0v) is 19.5. The van der Waals surface area contributed by atoms with Gasteiger partial charge in [0.2, 0.25) is 0 Å². The van der Waals surface area contributed by atoms with Crippen molar-refractivity contribution in [3.05, 3.63) is 84.7 Å². The van der Waals surface area contributed by atoms with Gasteiger partial charge in [0, 0.05) is 30.8 Å². The normalized spacial score (nSPS) is 12.0. The van der Waals surface area contributed by atoms with Crippen molar-refractivity contribution in [3.8, 4) is 6.07 Å². The average Bonchev–Trinajstić information content (AvgIpc) is 3.07. The second-order valence-electron chi connectivity index (χ2n) is 7.47. The van der Waals surface area contributed by atoms with Crippen LogP contribution in [0.5, 0.6) is 0 Å². The van der Waals surface area contributed by atoms with Gasteiger partial charge in [0.25, 0.3) is 5.56 Å². The number of carboxylic acid groups (broad SMARTS) is 1. The number of aromatic carboxylic acids is 1. The number of benzene rings is 1. The van der Waals surface area contributed by atoms with E-state index >= 15 is 0 Å². The number of aromatic nitrogens is 3. The van der Waals surface area contributed by atoms with E-state index in [9.17, 15) is 14.7 Å². The smallest absolute Gasteiger partial charge is 0.356 e. The van der Waals surface area contributed by atoms with Gasteiger partial charge in [0.05, 0.1) is 22.3 Å². The van der Waals surface area contributed by atoms with Gasteiger partial charge >= 0.3 is 5.97 Å². The summed E-state index contributed by atoms with van der Waals surface area (Å²) in [7, 11) is 1.62. The van der Waals surface area contributed by atoms with E-state index in [4.69, 9.17) is 16.9 Å². The summed E-state index contributed by atoms with van der Waals surface area (Å²) < 4.78 is 3.61. The first-order valence-corrected chi connectivity index (χ1v) is 10.7. The van der Waals surface area contributed by atoms with Gasteiger partial charge in [-0.3, -0.25) is 4.79 Å². The summed E-state index contributed by atoms with van der Waals surface area (Å²) >= 11 is 9.57. The van der Waals surface area contributed by atoms with E-state index in [-0.39, 0.29) is 23.7 Å². The number of hydrogen-bond acceptors (Lipinski definition) is 4. The van der Waals surface area contributed by atoms with Gasteiger partial charge < -0.3 is 14.2 Å². The van der Waals surface area contributed by atoms with Crippen LogP contribution in [-0.4, -0.2) is 25.2 Å². The fourth-order valence-electron chi connectivity index (χ4n) is 3.66. The van der Waals surface area contributed by atoms with Crippen molar-refractivity contribution < 1.29 is 9.90 Å². The second kappa shape index (κ2) is 9.08. The van der Waals surface area contributed by atoms with Crippen LogP contribution in [0.1, 0.15) is 58.7 Å². The molecule has 3 aromatic rings. The predicted octanol–water partition coefficient (Wildman–Crippen LogP) is 4.52. The molecule has 0 radical (unpaired) electrons. The molecule has 0 spiro atoms. The standard InChI is InChI=1S/C22H20BrClN4O3/c1-12(2)28-19(18(21(30)31)26-22(28)23)17(14-6-4-13(10-25)5-7-14)9-15-8-16(24)11-27(3)20(15)29/h4-8,11-12,17H,9H2,1-3H3,(H,30,31). The highest BCUT2D eigenvalue weighted by Gasteiger charge is 2.30. The Bertz CT molecular complexity index is 1240. The largest absolute Gasteiger partial charge is 0.476 e. The molecule has 0 aliphatic rings. The Labute approximate surface area is 192 Å². The third-order valence-corrected chi connectivity index (χ3v) is 5.81. The number of imidazole rings is 1. The summed E-state index contributed by atoms with van der Waals surface area (Å²) in [6.45, 7) is 3.85. The van der Waals surface area contributed by atoms with Gasteiger partial charge in [-0.1, -0.05) is 23.7 Å². The first-order valence-electron chi connectivity index (χ1n) is 9.50. The zero-order valence-electron chi connectivity index (χ0n) is 17.1. The molecule has 7 nitrogen and oxygen atoms in total. The van der Waals surface area contributed by atoms with Crippen LogP contribution < -0.4 is 5.56 Å². The molecule has 160 valence electrons. The summed E-state index contributed by atoms with van der Waals surface area (Å²) in [4.78, 5) is 29.1. The maximum Gasteiger partial charge on any atom is 0.356 e. The molecule has 0 saturated heterocycles. The fourth-order valence-corrected chi connectivity index (χ4v) is 4.72. The second-order valence-corrected chi connectivity index (χ2v) is 8.62. The lowest BCUT2D eigenvalue weighted by Crippen LogP contribution is -2.24. The quantitative estimate of drug-likeness (QED) is 0.533. The minimum absolute atomic E-state index is 0.0891. The first-order chi connectivity index (χ1) is 14.6. The molecule has 3 rings (SSSR count). The van der Waals surface area contributed by atoms with Crippen LogP contribution in [0.4, 0.5) is 0 Å². The number of halogens is 2. The van der Waals surface area contributed by atoms with Gasteiger partial charge in [-0.15, -0.1) is 0 Å². The van der Waals surface area contributed by atoms with Crippen molar-refractivity contribution in [2.75, 3.05) is 0 Å². The highest BCUT2D eigenvalue weighted by atomic mass is 79.9. The number of hydrogen-bond donors (Lipinski definition) is 1. The SMILES string of the molecule is CC(C)n1c(Br)nc(C(=O)O)c1C(Cc1cc(Cl)cn(C)c1=O)c1ccc(C#N)cc1. The van der Waals surface area contributed by atoms with Gasteiger partial charge in [-0.25, -0.2) is 9.78 Å². The molecule has 0 aliphatic carbocycles. The predicted molar refractivity (Wildman–Crippen MR) is 121 cm³/mol. The number of carboxylic acids is 1. The van der Waals surface area contributed by atoms with Crippen LogP contribution in [0.15, 0.2) is 46.1 Å². The number of nitriles is 1. The highest BCUT2D eigenvalue weighted by molar-refractivity contribution is 9.10. The van der Waals surface area contributed by atoms with Crippen molar-refractivity contribution in [2.45, 2.75) is 32.2 Å². The summed E-state index contributed by atoms with van der Waals surface area (Å²) in [6.07, 6.45) is 1.74. The molecule has 2 heterocycles. The van der Waals surface area contributed by atoms with Gasteiger partial charge in [-0.2, -0.15) is 5.26 Å². The van der Waals surface area contributed by atoms with Crippen molar-refractivity contribution >= 4 is 33.5 Å². The summed E-state index contributed by atoms with van der Waals surface area (Å²) in [5, 5.41) is 19.4. The van der Waals surface area contributed by atoms with E-state index in [2.05, 4.69) is 27.0 Å². The average molecular weight is 504 g/mol. The van der Waals surface area contributed by atoms with E-state index in [1.54, 1.807) is 41.9 Å². The Morgan fingerprint density at radius 3 is 2.52 bits per heavy atom. The topological polar surface area (TPSA) is 101 Å². The molecule has 2 aromatic heterocycles. The van der Waals surface area contributed by atoms with E-state index in [0.717, 1.165) is 5.56 Å². The Morgan fingerprint density at radius 2 is 1.97 bits per heavy atom. The van der Waals surface area contributed by atoms with Crippen LogP contribution in [0.2, 0.25) is 5.02 Å². The maximum atomic E-state index is 12.8. The molecule has 1 aromatic carbocycles. The van der Waals surface area contributed by atoms with Crippen LogP contribution in [0, 0.1) is 11.3 Å². The monoisotopic (exact) mass is 502 g/mol. The molecule has 0 saturated carbocycles. The van der Waals surface area contributed by atoms with Crippen molar-refractivity contribution in [2.24, 2.45) is 7.05 Å². The summed E-state index contributed by atoms with van der Waals surface area (Å²) in [5.74, 6) is -1.67. The zero-order chi connectivity index (χ0) is 22.9. The molecule has 1 atom stereocenters. The molecular weight excluding hydrogens is 484 g/mol. The fraction of sp³-hybridized carbons (Fsp3) is 0.273. The number of aryl methyl sites for hydroxylation is 1. The third kappa shape index (κ3) is 4.58. The number of rotatable bonds is 6. The minimum atomic E-state index is -1.16. The lowest BCUT2D eigenvalue weighted by molar-refractivity contribution is 0.0689. The lowest BCUT2D eigenvalue weighted by atomic mass is 9.87. The molecule has 31 heavy (non-hydrogen) atoms. The first kappa shape index (κ1) is 22.8. The third-order valence-electron chi connectivity index (χ3n) is 5.04. The Morgan fingerprint density at radius 1 is 1.32 bits per heavy atom. The molecule has 0 aliphatic heterocycles. The molecular formula is C22H20BrClN4O3. The van der Waals surface area contributed by atoms with Crippen molar-refractivity contribution in [1.82, 2.24) is 14.1 Å². The molecule has 0 amide bonds. The highest BCUT2D eigenvalue weighted by Crippen LogP contribution is 2.35. The lowest BCUT2D eigenvalue weighted by Gasteiger charge is -2.23. The van der Waals surface area contributed by atoms with Crippen LogP contribution in [0.25, 0.3) is 0 Å². The Kier molecular flexibility index (Phi) is 6.68. The van der Waals surface area contributed by atoms with Gasteiger partial charge in [0.1, 0.15) is 0 Å². The number of nitrogens with zero attached hydrogens (tertiary/aromatic N) is 4. The van der Waals surface area contributed by atoms with Gasteiger partial charge in [0.15, 0.2) is 10.4 Å². The summed E-state index contributed by atoms with van der Waals surface area (Å²) in [5.41, 5.74) is 1.87. The number of pyridine rings is 1. The Hall–Kier alpha value is -2.89. The molecule has 1 N–H and O–H groups in total. The Balaban J connectivity index is 2.29. The van der Waals surface area contributed by atoms with Crippen molar-refractivity contribution in [3.63, 3.8) is 0 Å². The summed E-state index contributed by atoms with van der Waals surface area (Å²) in [6, 6.07) is 10.5. The van der Waals surface area contributed by atoms with E-state index in [1.807, 2.05) is 13.8 Å². The van der Waals surface area contributed by atoms with E-state index in [0.29, 0.717) is 26.6 Å². The van der Waals surface area contributed by atoms with Crippen molar-refractivity contribution in [1.29, 1.82) is 5.26 Å². The van der Waals surface area contributed by atoms with E-state index in [1.165, 1.54) is 10.8 Å². The molecule has 0 bridgehead atoms. The maximum absolute atomic E-state index is 12.8. The van der Waals surface area contributed by atoms with Crippen LogP contribution in [0.3, 0.4) is 0 Å². The van der Waals surface area contributed by atoms with E-state index < -0.39 is 11.9 Å². The molecule has 9 heteroatoms. The molecule has 0 fully saturated rings. The minimum Gasteiger partial charge on any atom is -0.476 e. The number of carbonyl (C=O) groups is 1. The van der Waals surface area contributed by atoms with Crippen LogP contribution >= 0.6 is 27.5 Å². The molecule has 1 unspecified atom stereocenters. The van der Waals surface area contributed by atoms with Crippen LogP contribution in [-0.2, 0) is 13.5 Å². The van der Waals surface area contributed by atoms with Gasteiger partial charge in [-0.05, 0) is 60.0 Å².